The Labute approximate surface area is 160 Å². The van der Waals surface area contributed by atoms with E-state index in [-0.39, 0.29) is 23.6 Å². The third-order valence-electron chi connectivity index (χ3n) is 5.61. The lowest BCUT2D eigenvalue weighted by Crippen LogP contribution is -2.44. The molecule has 28 heavy (non-hydrogen) atoms. The third kappa shape index (κ3) is 2.90. The largest absolute Gasteiger partial charge is 0.377 e. The number of aromatic nitrogens is 4. The molecule has 0 bridgehead atoms. The molecule has 2 aliphatic rings. The molecule has 8 heteroatoms. The topological polar surface area (TPSA) is 102 Å². The highest BCUT2D eigenvalue weighted by molar-refractivity contribution is 6.06. The van der Waals surface area contributed by atoms with Crippen molar-refractivity contribution in [3.8, 4) is 0 Å². The fourth-order valence-electron chi connectivity index (χ4n) is 4.13. The van der Waals surface area contributed by atoms with Crippen molar-refractivity contribution in [2.75, 3.05) is 13.2 Å². The smallest absolute Gasteiger partial charge is 0.267 e. The zero-order valence-corrected chi connectivity index (χ0v) is 15.4. The summed E-state index contributed by atoms with van der Waals surface area (Å²) in [4.78, 5) is 32.7. The Balaban J connectivity index is 1.42. The summed E-state index contributed by atoms with van der Waals surface area (Å²) in [5.41, 5.74) is 3.11. The molecule has 1 saturated heterocycles. The number of carbonyl (C=O) groups is 1. The van der Waals surface area contributed by atoms with Gasteiger partial charge in [-0.25, -0.2) is 9.67 Å². The fraction of sp³-hybridized carbons (Fsp3) is 0.400. The Kier molecular flexibility index (Phi) is 4.20. The van der Waals surface area contributed by atoms with Gasteiger partial charge in [0, 0.05) is 23.8 Å². The van der Waals surface area contributed by atoms with Crippen LogP contribution in [0.2, 0.25) is 0 Å². The summed E-state index contributed by atoms with van der Waals surface area (Å²) in [5.74, 6) is -0.217. The molecule has 1 amide bonds. The van der Waals surface area contributed by atoms with E-state index >= 15 is 0 Å². The van der Waals surface area contributed by atoms with Crippen LogP contribution in [0.15, 0.2) is 35.4 Å². The van der Waals surface area contributed by atoms with Gasteiger partial charge in [0.2, 0.25) is 0 Å². The Hall–Kier alpha value is -3.00. The molecule has 144 valence electrons. The van der Waals surface area contributed by atoms with Gasteiger partial charge in [-0.15, -0.1) is 0 Å². The molecule has 2 N–H and O–H groups in total. The molecule has 3 aromatic rings. The molecule has 3 aromatic heterocycles. The maximum Gasteiger partial charge on any atom is 0.267 e. The number of hydrogen-bond donors (Lipinski definition) is 2. The Bertz CT molecular complexity index is 1100. The summed E-state index contributed by atoms with van der Waals surface area (Å²) >= 11 is 0. The van der Waals surface area contributed by atoms with Gasteiger partial charge in [-0.1, -0.05) is 0 Å². The van der Waals surface area contributed by atoms with Gasteiger partial charge in [0.15, 0.2) is 0 Å². The number of rotatable bonds is 3. The van der Waals surface area contributed by atoms with Crippen LogP contribution in [0.3, 0.4) is 0 Å². The summed E-state index contributed by atoms with van der Waals surface area (Å²) in [5, 5.41) is 8.40. The van der Waals surface area contributed by atoms with Gasteiger partial charge in [-0.05, 0) is 43.4 Å². The van der Waals surface area contributed by atoms with Crippen LogP contribution in [-0.2, 0) is 17.6 Å². The van der Waals surface area contributed by atoms with Gasteiger partial charge < -0.3 is 15.0 Å². The lowest BCUT2D eigenvalue weighted by molar-refractivity contribution is 0.0926. The van der Waals surface area contributed by atoms with Crippen molar-refractivity contribution in [3.05, 3.63) is 57.8 Å². The second-order valence-corrected chi connectivity index (χ2v) is 7.39. The van der Waals surface area contributed by atoms with Gasteiger partial charge in [0.1, 0.15) is 11.7 Å². The van der Waals surface area contributed by atoms with Crippen LogP contribution in [0.1, 0.15) is 40.5 Å². The van der Waals surface area contributed by atoms with Crippen molar-refractivity contribution < 1.29 is 9.53 Å². The normalized spacial score (nSPS) is 21.6. The van der Waals surface area contributed by atoms with Crippen molar-refractivity contribution in [1.82, 2.24) is 25.1 Å². The maximum absolute atomic E-state index is 12.8. The van der Waals surface area contributed by atoms with Crippen LogP contribution in [-0.4, -0.2) is 44.9 Å². The first kappa shape index (κ1) is 17.1. The molecule has 2 unspecified atom stereocenters. The first-order valence-corrected chi connectivity index (χ1v) is 9.63. The van der Waals surface area contributed by atoms with Gasteiger partial charge in [0.25, 0.3) is 11.5 Å². The van der Waals surface area contributed by atoms with Crippen LogP contribution in [0.4, 0.5) is 0 Å². The SMILES string of the molecule is O=C(NC1COCC1n1nc2c(cc1=O)CCCC2)c1c[nH]c2ncccc12. The third-order valence-corrected chi connectivity index (χ3v) is 5.61. The molecule has 0 saturated carbocycles. The van der Waals surface area contributed by atoms with Crippen molar-refractivity contribution in [2.45, 2.75) is 37.8 Å². The molecule has 0 radical (unpaired) electrons. The Morgan fingerprint density at radius 1 is 1.29 bits per heavy atom. The van der Waals surface area contributed by atoms with E-state index in [1.165, 1.54) is 4.68 Å². The number of aryl methyl sites for hydroxylation is 2. The highest BCUT2D eigenvalue weighted by atomic mass is 16.5. The van der Waals surface area contributed by atoms with Gasteiger partial charge in [0.05, 0.1) is 30.5 Å². The zero-order chi connectivity index (χ0) is 19.1. The number of pyridine rings is 1. The first-order valence-electron chi connectivity index (χ1n) is 9.63. The molecule has 2 atom stereocenters. The molecule has 0 spiro atoms. The van der Waals surface area contributed by atoms with Crippen LogP contribution < -0.4 is 10.9 Å². The minimum atomic E-state index is -0.319. The number of hydrogen-bond acceptors (Lipinski definition) is 5. The molecule has 1 fully saturated rings. The van der Waals surface area contributed by atoms with E-state index in [0.717, 1.165) is 42.3 Å². The molecule has 0 aromatic carbocycles. The van der Waals surface area contributed by atoms with Crippen LogP contribution in [0, 0.1) is 0 Å². The van der Waals surface area contributed by atoms with Gasteiger partial charge >= 0.3 is 0 Å². The number of nitrogens with one attached hydrogen (secondary N) is 2. The van der Waals surface area contributed by atoms with E-state index in [1.807, 2.05) is 6.07 Å². The highest BCUT2D eigenvalue weighted by Crippen LogP contribution is 2.22. The van der Waals surface area contributed by atoms with E-state index in [1.54, 1.807) is 24.5 Å². The molecular weight excluding hydrogens is 358 g/mol. The van der Waals surface area contributed by atoms with E-state index in [2.05, 4.69) is 20.4 Å². The molecule has 4 heterocycles. The van der Waals surface area contributed by atoms with E-state index in [0.29, 0.717) is 24.4 Å². The van der Waals surface area contributed by atoms with Crippen molar-refractivity contribution in [3.63, 3.8) is 0 Å². The summed E-state index contributed by atoms with van der Waals surface area (Å²) in [6.45, 7) is 0.703. The average Bonchev–Trinajstić information content (AvgIpc) is 3.34. The predicted molar refractivity (Wildman–Crippen MR) is 102 cm³/mol. The molecular formula is C20H21N5O3. The van der Waals surface area contributed by atoms with E-state index in [4.69, 9.17) is 4.74 Å². The number of ether oxygens (including phenoxy) is 1. The number of amides is 1. The molecule has 1 aliphatic heterocycles. The van der Waals surface area contributed by atoms with Gasteiger partial charge in [-0.3, -0.25) is 9.59 Å². The summed E-state index contributed by atoms with van der Waals surface area (Å²) < 4.78 is 7.09. The highest BCUT2D eigenvalue weighted by Gasteiger charge is 2.33. The summed E-state index contributed by atoms with van der Waals surface area (Å²) in [6, 6.07) is 4.72. The standard InChI is InChI=1S/C20H21N5O3/c26-18-8-12-4-1-2-6-15(12)24-25(18)17-11-28-10-16(17)23-20(27)14-9-22-19-13(14)5-3-7-21-19/h3,5,7-9,16-17H,1-2,4,6,10-11H2,(H,21,22)(H,23,27). The monoisotopic (exact) mass is 379 g/mol. The first-order chi connectivity index (χ1) is 13.7. The predicted octanol–water partition coefficient (Wildman–Crippen LogP) is 1.37. The van der Waals surface area contributed by atoms with Crippen LogP contribution >= 0.6 is 0 Å². The number of fused-ring (bicyclic) bond motifs is 2. The molecule has 5 rings (SSSR count). The molecule has 1 aliphatic carbocycles. The van der Waals surface area contributed by atoms with Crippen molar-refractivity contribution in [2.24, 2.45) is 0 Å². The zero-order valence-electron chi connectivity index (χ0n) is 15.4. The van der Waals surface area contributed by atoms with Crippen molar-refractivity contribution >= 4 is 16.9 Å². The lowest BCUT2D eigenvalue weighted by Gasteiger charge is -2.22. The number of nitrogens with zero attached hydrogens (tertiary/aromatic N) is 3. The number of carbonyl (C=O) groups excluding carboxylic acids is 1. The Morgan fingerprint density at radius 3 is 3.11 bits per heavy atom. The van der Waals surface area contributed by atoms with Crippen LogP contribution in [0.25, 0.3) is 11.0 Å². The second kappa shape index (κ2) is 6.87. The fourth-order valence-corrected chi connectivity index (χ4v) is 4.13. The maximum atomic E-state index is 12.8. The second-order valence-electron chi connectivity index (χ2n) is 7.39. The number of H-pyrrole nitrogens is 1. The summed E-state index contributed by atoms with van der Waals surface area (Å²) in [6.07, 6.45) is 7.32. The average molecular weight is 379 g/mol. The van der Waals surface area contributed by atoms with Crippen molar-refractivity contribution in [1.29, 1.82) is 0 Å². The van der Waals surface area contributed by atoms with Gasteiger partial charge in [-0.2, -0.15) is 5.10 Å². The number of aromatic amines is 1. The Morgan fingerprint density at radius 2 is 2.18 bits per heavy atom. The minimum absolute atomic E-state index is 0.133. The minimum Gasteiger partial charge on any atom is -0.377 e. The molecule has 8 nitrogen and oxygen atoms in total. The van der Waals surface area contributed by atoms with E-state index < -0.39 is 0 Å². The lowest BCUT2D eigenvalue weighted by atomic mass is 9.97. The van der Waals surface area contributed by atoms with E-state index in [9.17, 15) is 9.59 Å². The van der Waals surface area contributed by atoms with Crippen LogP contribution in [0.5, 0.6) is 0 Å². The summed E-state index contributed by atoms with van der Waals surface area (Å²) in [7, 11) is 0. The quantitative estimate of drug-likeness (QED) is 0.716.